The van der Waals surface area contributed by atoms with Crippen molar-refractivity contribution >= 4 is 11.8 Å². The number of ether oxygens (including phenoxy) is 2. The van der Waals surface area contributed by atoms with Gasteiger partial charge in [-0.3, -0.25) is 9.59 Å². The number of benzene rings is 1. The molecular weight excluding hydrogens is 410 g/mol. The average molecular weight is 440 g/mol. The summed E-state index contributed by atoms with van der Waals surface area (Å²) in [5.74, 6) is 1.45. The summed E-state index contributed by atoms with van der Waals surface area (Å²) in [6, 6.07) is 7.76. The van der Waals surface area contributed by atoms with Crippen LogP contribution in [-0.2, 0) is 22.7 Å². The number of fused-ring (bicyclic) bond motifs is 1. The summed E-state index contributed by atoms with van der Waals surface area (Å²) < 4.78 is 13.0. The highest BCUT2D eigenvalue weighted by Crippen LogP contribution is 2.30. The fraction of sp³-hybridized carbons (Fsp3) is 0.565. The normalized spacial score (nSPS) is 21.2. The van der Waals surface area contributed by atoms with E-state index in [2.05, 4.69) is 15.6 Å². The van der Waals surface area contributed by atoms with Crippen LogP contribution in [0.2, 0.25) is 0 Å². The van der Waals surface area contributed by atoms with E-state index < -0.39 is 0 Å². The molecule has 1 saturated carbocycles. The highest BCUT2D eigenvalue weighted by atomic mass is 16.5. The van der Waals surface area contributed by atoms with Gasteiger partial charge in [-0.15, -0.1) is 5.10 Å². The van der Waals surface area contributed by atoms with Crippen LogP contribution in [0.25, 0.3) is 0 Å². The van der Waals surface area contributed by atoms with Gasteiger partial charge in [-0.1, -0.05) is 17.3 Å². The molecule has 0 bridgehead atoms. The summed E-state index contributed by atoms with van der Waals surface area (Å²) in [6.45, 7) is 2.70. The number of amides is 2. The summed E-state index contributed by atoms with van der Waals surface area (Å²) >= 11 is 0. The van der Waals surface area contributed by atoms with Crippen molar-refractivity contribution < 1.29 is 19.1 Å². The number of nitrogens with one attached hydrogen (secondary N) is 1. The van der Waals surface area contributed by atoms with Crippen molar-refractivity contribution in [3.05, 3.63) is 41.2 Å². The molecule has 0 radical (unpaired) electrons. The fourth-order valence-corrected chi connectivity index (χ4v) is 4.40. The molecule has 2 amide bonds. The number of hydrogen-bond donors (Lipinski definition) is 1. The molecule has 3 heterocycles. The number of nitrogens with zero attached hydrogens (tertiary/aromatic N) is 4. The molecule has 9 nitrogen and oxygen atoms in total. The molecule has 170 valence electrons. The second-order valence-electron chi connectivity index (χ2n) is 8.89. The Bertz CT molecular complexity index is 977. The molecule has 1 atom stereocenters. The topological polar surface area (TPSA) is 98.6 Å². The third kappa shape index (κ3) is 4.34. The number of carbonyl (C=O) groups excluding carboxylic acids is 2. The molecule has 1 aromatic carbocycles. The lowest BCUT2D eigenvalue weighted by Crippen LogP contribution is -2.43. The highest BCUT2D eigenvalue weighted by Gasteiger charge is 2.33. The maximum Gasteiger partial charge on any atom is 0.276 e. The molecule has 32 heavy (non-hydrogen) atoms. The van der Waals surface area contributed by atoms with E-state index in [1.165, 1.54) is 12.8 Å². The lowest BCUT2D eigenvalue weighted by Gasteiger charge is -2.31. The van der Waals surface area contributed by atoms with Gasteiger partial charge in [0.1, 0.15) is 11.9 Å². The largest absolute Gasteiger partial charge is 0.497 e. The van der Waals surface area contributed by atoms with Gasteiger partial charge in [-0.25, -0.2) is 4.68 Å². The average Bonchev–Trinajstić information content (AvgIpc) is 3.59. The summed E-state index contributed by atoms with van der Waals surface area (Å²) in [4.78, 5) is 27.2. The van der Waals surface area contributed by atoms with Crippen LogP contribution in [0.3, 0.4) is 0 Å². The predicted molar refractivity (Wildman–Crippen MR) is 115 cm³/mol. The Hall–Kier alpha value is -2.94. The van der Waals surface area contributed by atoms with Crippen molar-refractivity contribution in [2.75, 3.05) is 26.7 Å². The first-order valence-corrected chi connectivity index (χ1v) is 11.4. The Kier molecular flexibility index (Phi) is 5.82. The molecule has 2 aromatic rings. The number of likely N-dealkylation sites (tertiary alicyclic amines) is 1. The van der Waals surface area contributed by atoms with E-state index in [4.69, 9.17) is 9.47 Å². The van der Waals surface area contributed by atoms with E-state index in [0.717, 1.165) is 17.9 Å². The Morgan fingerprint density at radius 2 is 1.91 bits per heavy atom. The van der Waals surface area contributed by atoms with E-state index in [-0.39, 0.29) is 30.4 Å². The zero-order valence-corrected chi connectivity index (χ0v) is 18.3. The minimum Gasteiger partial charge on any atom is -0.497 e. The molecule has 2 fully saturated rings. The molecule has 1 aliphatic carbocycles. The van der Waals surface area contributed by atoms with Crippen molar-refractivity contribution in [3.63, 3.8) is 0 Å². The Labute approximate surface area is 187 Å². The predicted octanol–water partition coefficient (Wildman–Crippen LogP) is 1.94. The Balaban J connectivity index is 1.18. The second-order valence-corrected chi connectivity index (χ2v) is 8.89. The number of piperidine rings is 1. The number of methoxy groups -OCH3 is 1. The van der Waals surface area contributed by atoms with Gasteiger partial charge in [-0.2, -0.15) is 0 Å². The Morgan fingerprint density at radius 3 is 2.59 bits per heavy atom. The number of carbonyl (C=O) groups is 2. The zero-order valence-electron chi connectivity index (χ0n) is 18.3. The van der Waals surface area contributed by atoms with Crippen molar-refractivity contribution in [2.45, 2.75) is 44.9 Å². The second kappa shape index (κ2) is 8.90. The van der Waals surface area contributed by atoms with Crippen molar-refractivity contribution in [3.8, 4) is 5.75 Å². The molecule has 1 aromatic heterocycles. The monoisotopic (exact) mass is 439 g/mol. The molecule has 0 spiro atoms. The first kappa shape index (κ1) is 20.9. The minimum atomic E-state index is -0.150. The minimum absolute atomic E-state index is 0.0135. The maximum atomic E-state index is 13.1. The summed E-state index contributed by atoms with van der Waals surface area (Å²) in [5.41, 5.74) is 2.10. The van der Waals surface area contributed by atoms with Crippen LogP contribution in [0.15, 0.2) is 24.3 Å². The van der Waals surface area contributed by atoms with E-state index in [9.17, 15) is 9.59 Å². The van der Waals surface area contributed by atoms with E-state index >= 15 is 0 Å². The first-order valence-electron chi connectivity index (χ1n) is 11.4. The van der Waals surface area contributed by atoms with Gasteiger partial charge in [-0.05, 0) is 49.3 Å². The molecule has 2 aliphatic heterocycles. The highest BCUT2D eigenvalue weighted by molar-refractivity contribution is 5.93. The van der Waals surface area contributed by atoms with Gasteiger partial charge in [0.25, 0.3) is 5.91 Å². The van der Waals surface area contributed by atoms with Gasteiger partial charge >= 0.3 is 0 Å². The third-order valence-corrected chi connectivity index (χ3v) is 6.70. The summed E-state index contributed by atoms with van der Waals surface area (Å²) in [7, 11) is 1.64. The van der Waals surface area contributed by atoms with Crippen LogP contribution in [0.1, 0.15) is 53.5 Å². The SMILES string of the molecule is COc1ccc(C2Cn3nnc(C(=O)N4CCC(C(=O)NCC5CC5)CC4)c3CO2)cc1. The van der Waals surface area contributed by atoms with Crippen LogP contribution in [0, 0.1) is 11.8 Å². The molecule has 9 heteroatoms. The summed E-state index contributed by atoms with van der Waals surface area (Å²) in [5, 5.41) is 11.5. The Morgan fingerprint density at radius 1 is 1.16 bits per heavy atom. The molecule has 3 aliphatic rings. The van der Waals surface area contributed by atoms with Crippen molar-refractivity contribution in [1.82, 2.24) is 25.2 Å². The lowest BCUT2D eigenvalue weighted by atomic mass is 9.95. The lowest BCUT2D eigenvalue weighted by molar-refractivity contribution is -0.126. The van der Waals surface area contributed by atoms with Gasteiger partial charge in [0, 0.05) is 25.6 Å². The quantitative estimate of drug-likeness (QED) is 0.739. The van der Waals surface area contributed by atoms with Gasteiger partial charge in [0.05, 0.1) is 26.0 Å². The number of rotatable bonds is 6. The molecule has 1 N–H and O–H groups in total. The zero-order chi connectivity index (χ0) is 22.1. The molecule has 5 rings (SSSR count). The smallest absolute Gasteiger partial charge is 0.276 e. The van der Waals surface area contributed by atoms with Crippen LogP contribution in [-0.4, -0.2) is 58.5 Å². The fourth-order valence-electron chi connectivity index (χ4n) is 4.40. The van der Waals surface area contributed by atoms with Crippen LogP contribution < -0.4 is 10.1 Å². The van der Waals surface area contributed by atoms with E-state index in [0.29, 0.717) is 49.8 Å². The van der Waals surface area contributed by atoms with E-state index in [1.807, 2.05) is 24.3 Å². The third-order valence-electron chi connectivity index (χ3n) is 6.70. The summed E-state index contributed by atoms with van der Waals surface area (Å²) in [6.07, 6.45) is 3.66. The first-order chi connectivity index (χ1) is 15.6. The maximum absolute atomic E-state index is 13.1. The van der Waals surface area contributed by atoms with Gasteiger partial charge in [0.2, 0.25) is 5.91 Å². The van der Waals surface area contributed by atoms with Crippen LogP contribution in [0.4, 0.5) is 0 Å². The van der Waals surface area contributed by atoms with Crippen LogP contribution >= 0.6 is 0 Å². The molecule has 1 unspecified atom stereocenters. The molecule has 1 saturated heterocycles. The standard InChI is InChI=1S/C23H29N5O4/c1-31-18-6-4-16(5-7-18)20-13-28-19(14-32-20)21(25-26-28)23(30)27-10-8-17(9-11-27)22(29)24-12-15-2-3-15/h4-7,15,17,20H,2-3,8-14H2,1H3,(H,24,29). The van der Waals surface area contributed by atoms with Crippen molar-refractivity contribution in [1.29, 1.82) is 0 Å². The van der Waals surface area contributed by atoms with Crippen LogP contribution in [0.5, 0.6) is 5.75 Å². The number of aromatic nitrogens is 3. The van der Waals surface area contributed by atoms with Crippen molar-refractivity contribution in [2.24, 2.45) is 11.8 Å². The van der Waals surface area contributed by atoms with E-state index in [1.54, 1.807) is 16.7 Å². The van der Waals surface area contributed by atoms with Gasteiger partial charge in [0.15, 0.2) is 5.69 Å². The van der Waals surface area contributed by atoms with Gasteiger partial charge < -0.3 is 19.7 Å². The number of hydrogen-bond acceptors (Lipinski definition) is 6. The molecular formula is C23H29N5O4.